The van der Waals surface area contributed by atoms with E-state index in [1.807, 2.05) is 12.1 Å². The van der Waals surface area contributed by atoms with Gasteiger partial charge >= 0.3 is 0 Å². The Labute approximate surface area is 116 Å². The Bertz CT molecular complexity index is 622. The molecule has 0 aliphatic carbocycles. The van der Waals surface area contributed by atoms with Gasteiger partial charge in [-0.05, 0) is 23.8 Å². The van der Waals surface area contributed by atoms with Gasteiger partial charge in [0.25, 0.3) is 5.89 Å². The molecule has 1 N–H and O–H groups in total. The molecule has 0 spiro atoms. The van der Waals surface area contributed by atoms with Gasteiger partial charge in [-0.1, -0.05) is 5.16 Å². The molecule has 1 saturated heterocycles. The third-order valence-corrected chi connectivity index (χ3v) is 3.60. The molecule has 0 radical (unpaired) electrons. The lowest BCUT2D eigenvalue weighted by molar-refractivity contribution is -0.00397. The van der Waals surface area contributed by atoms with Gasteiger partial charge in [0.15, 0.2) is 0 Å². The molecule has 1 fully saturated rings. The van der Waals surface area contributed by atoms with Crippen LogP contribution < -0.4 is 10.1 Å². The summed E-state index contributed by atoms with van der Waals surface area (Å²) in [5.74, 6) is 2.08. The Morgan fingerprint density at radius 3 is 3.15 bits per heavy atom. The first kappa shape index (κ1) is 11.9. The predicted octanol–water partition coefficient (Wildman–Crippen LogP) is 1.16. The molecule has 104 valence electrons. The van der Waals surface area contributed by atoms with Gasteiger partial charge in [0.1, 0.15) is 12.4 Å². The first-order valence-corrected chi connectivity index (χ1v) is 6.79. The van der Waals surface area contributed by atoms with Crippen molar-refractivity contribution in [1.82, 2.24) is 15.5 Å². The standard InChI is InChI=1S/C14H15N3O3/c1-2-12-9(3-4-18-12)5-10(1)14-16-13(20-17-14)8-19-11-6-15-7-11/h1-2,5,11,15H,3-4,6-8H2. The molecule has 6 nitrogen and oxygen atoms in total. The van der Waals surface area contributed by atoms with Gasteiger partial charge in [0.05, 0.1) is 12.7 Å². The summed E-state index contributed by atoms with van der Waals surface area (Å²) < 4.78 is 16.3. The van der Waals surface area contributed by atoms with Crippen molar-refractivity contribution in [2.24, 2.45) is 0 Å². The minimum Gasteiger partial charge on any atom is -0.493 e. The lowest BCUT2D eigenvalue weighted by atomic mass is 10.1. The molecule has 3 heterocycles. The van der Waals surface area contributed by atoms with Crippen LogP contribution in [0, 0.1) is 0 Å². The van der Waals surface area contributed by atoms with Crippen molar-refractivity contribution >= 4 is 0 Å². The van der Waals surface area contributed by atoms with E-state index in [0.29, 0.717) is 18.3 Å². The molecule has 0 bridgehead atoms. The highest BCUT2D eigenvalue weighted by Crippen LogP contribution is 2.29. The van der Waals surface area contributed by atoms with Crippen LogP contribution in [0.4, 0.5) is 0 Å². The van der Waals surface area contributed by atoms with Gasteiger partial charge < -0.3 is 19.3 Å². The summed E-state index contributed by atoms with van der Waals surface area (Å²) in [7, 11) is 0. The van der Waals surface area contributed by atoms with Crippen molar-refractivity contribution in [3.63, 3.8) is 0 Å². The number of benzene rings is 1. The molecule has 0 amide bonds. The zero-order valence-electron chi connectivity index (χ0n) is 11.0. The molecule has 6 heteroatoms. The summed E-state index contributed by atoms with van der Waals surface area (Å²) in [6, 6.07) is 5.98. The fourth-order valence-electron chi connectivity index (χ4n) is 2.33. The molecule has 4 rings (SSSR count). The van der Waals surface area contributed by atoms with E-state index in [2.05, 4.69) is 21.5 Å². The van der Waals surface area contributed by atoms with Crippen LogP contribution in [0.5, 0.6) is 5.75 Å². The van der Waals surface area contributed by atoms with E-state index < -0.39 is 0 Å². The SMILES string of the molecule is c1cc2c(cc1-c1noc(COC3CNC3)n1)CCO2. The zero-order chi connectivity index (χ0) is 13.4. The van der Waals surface area contributed by atoms with E-state index in [0.717, 1.165) is 37.4 Å². The molecule has 2 aliphatic rings. The third-order valence-electron chi connectivity index (χ3n) is 3.60. The normalized spacial score (nSPS) is 17.6. The topological polar surface area (TPSA) is 69.4 Å². The molecular formula is C14H15N3O3. The number of rotatable bonds is 4. The highest BCUT2D eigenvalue weighted by Gasteiger charge is 2.19. The maximum absolute atomic E-state index is 5.61. The predicted molar refractivity (Wildman–Crippen MR) is 70.4 cm³/mol. The average molecular weight is 273 g/mol. The Kier molecular flexibility index (Phi) is 2.90. The highest BCUT2D eigenvalue weighted by atomic mass is 16.5. The minimum atomic E-state index is 0.266. The number of hydrogen-bond acceptors (Lipinski definition) is 6. The molecule has 20 heavy (non-hydrogen) atoms. The smallest absolute Gasteiger partial charge is 0.252 e. The van der Waals surface area contributed by atoms with Crippen LogP contribution in [0.1, 0.15) is 11.5 Å². The number of fused-ring (bicyclic) bond motifs is 1. The summed E-state index contributed by atoms with van der Waals surface area (Å²) in [6.07, 6.45) is 1.20. The van der Waals surface area contributed by atoms with Crippen molar-refractivity contribution in [2.75, 3.05) is 19.7 Å². The molecule has 0 saturated carbocycles. The summed E-state index contributed by atoms with van der Waals surface area (Å²) >= 11 is 0. The lowest BCUT2D eigenvalue weighted by Gasteiger charge is -2.26. The van der Waals surface area contributed by atoms with E-state index >= 15 is 0 Å². The van der Waals surface area contributed by atoms with Crippen molar-refractivity contribution in [3.05, 3.63) is 29.7 Å². The van der Waals surface area contributed by atoms with Crippen LogP contribution >= 0.6 is 0 Å². The number of ether oxygens (including phenoxy) is 2. The second kappa shape index (κ2) is 4.88. The monoisotopic (exact) mass is 273 g/mol. The van der Waals surface area contributed by atoms with Gasteiger partial charge in [0, 0.05) is 25.1 Å². The van der Waals surface area contributed by atoms with Crippen molar-refractivity contribution in [1.29, 1.82) is 0 Å². The van der Waals surface area contributed by atoms with E-state index in [1.54, 1.807) is 0 Å². The third kappa shape index (κ3) is 2.17. The minimum absolute atomic E-state index is 0.266. The largest absolute Gasteiger partial charge is 0.493 e. The van der Waals surface area contributed by atoms with Gasteiger partial charge in [0.2, 0.25) is 5.82 Å². The second-order valence-corrected chi connectivity index (χ2v) is 5.02. The Balaban J connectivity index is 1.49. The Morgan fingerprint density at radius 1 is 1.35 bits per heavy atom. The van der Waals surface area contributed by atoms with Gasteiger partial charge in [-0.15, -0.1) is 0 Å². The first-order chi connectivity index (χ1) is 9.88. The molecule has 2 aliphatic heterocycles. The van der Waals surface area contributed by atoms with Crippen molar-refractivity contribution in [3.8, 4) is 17.1 Å². The van der Waals surface area contributed by atoms with Crippen LogP contribution in [0.15, 0.2) is 22.7 Å². The van der Waals surface area contributed by atoms with Crippen molar-refractivity contribution < 1.29 is 14.0 Å². The van der Waals surface area contributed by atoms with E-state index in [9.17, 15) is 0 Å². The lowest BCUT2D eigenvalue weighted by Crippen LogP contribution is -2.48. The number of aromatic nitrogens is 2. The molecule has 1 aromatic carbocycles. The number of nitrogens with one attached hydrogen (secondary N) is 1. The maximum Gasteiger partial charge on any atom is 0.252 e. The van der Waals surface area contributed by atoms with E-state index in [4.69, 9.17) is 14.0 Å². The first-order valence-electron chi connectivity index (χ1n) is 6.79. The Hall–Kier alpha value is -1.92. The van der Waals surface area contributed by atoms with E-state index in [1.165, 1.54) is 5.56 Å². The fourth-order valence-corrected chi connectivity index (χ4v) is 2.33. The van der Waals surface area contributed by atoms with Crippen LogP contribution in [-0.2, 0) is 17.8 Å². The zero-order valence-corrected chi connectivity index (χ0v) is 11.0. The Morgan fingerprint density at radius 2 is 2.30 bits per heavy atom. The molecule has 1 aromatic heterocycles. The summed E-state index contributed by atoms with van der Waals surface area (Å²) in [5, 5.41) is 7.16. The summed E-state index contributed by atoms with van der Waals surface area (Å²) in [4.78, 5) is 4.37. The fraction of sp³-hybridized carbons (Fsp3) is 0.429. The van der Waals surface area contributed by atoms with Gasteiger partial charge in [-0.3, -0.25) is 0 Å². The van der Waals surface area contributed by atoms with Crippen LogP contribution in [0.3, 0.4) is 0 Å². The molecule has 0 atom stereocenters. The quantitative estimate of drug-likeness (QED) is 0.901. The van der Waals surface area contributed by atoms with Crippen LogP contribution in [-0.4, -0.2) is 35.9 Å². The van der Waals surface area contributed by atoms with Crippen LogP contribution in [0.25, 0.3) is 11.4 Å². The van der Waals surface area contributed by atoms with E-state index in [-0.39, 0.29) is 6.10 Å². The number of hydrogen-bond donors (Lipinski definition) is 1. The van der Waals surface area contributed by atoms with Gasteiger partial charge in [-0.25, -0.2) is 0 Å². The van der Waals surface area contributed by atoms with Gasteiger partial charge in [-0.2, -0.15) is 4.98 Å². The highest BCUT2D eigenvalue weighted by molar-refractivity contribution is 5.59. The second-order valence-electron chi connectivity index (χ2n) is 5.02. The maximum atomic E-state index is 5.61. The van der Waals surface area contributed by atoms with Crippen molar-refractivity contribution in [2.45, 2.75) is 19.1 Å². The average Bonchev–Trinajstić information content (AvgIpc) is 3.04. The molecule has 2 aromatic rings. The summed E-state index contributed by atoms with van der Waals surface area (Å²) in [6.45, 7) is 2.91. The molecule has 0 unspecified atom stereocenters. The summed E-state index contributed by atoms with van der Waals surface area (Å²) in [5.41, 5.74) is 2.15. The number of nitrogens with zero attached hydrogens (tertiary/aromatic N) is 2. The van der Waals surface area contributed by atoms with Crippen LogP contribution in [0.2, 0.25) is 0 Å². The molecular weight excluding hydrogens is 258 g/mol.